The van der Waals surface area contributed by atoms with E-state index in [0.717, 1.165) is 28.1 Å². The van der Waals surface area contributed by atoms with Crippen molar-refractivity contribution in [3.63, 3.8) is 0 Å². The maximum Gasteiger partial charge on any atom is 0.216 e. The number of hydrogen-bond donors (Lipinski definition) is 0. The third-order valence-corrected chi connectivity index (χ3v) is 22.1. The summed E-state index contributed by atoms with van der Waals surface area (Å²) in [6.45, 7) is 27.4. The van der Waals surface area contributed by atoms with Crippen LogP contribution >= 0.6 is 0 Å². The molecule has 42 heavy (non-hydrogen) atoms. The Morgan fingerprint density at radius 2 is 1.12 bits per heavy atom. The Bertz CT molecular complexity index is 1100. The largest absolute Gasteiger partial charge is 0.412 e. The monoisotopic (exact) mass is 630 g/mol. The standard InChI is InChI=1S/C35H66N2O2Si3/c1-34(2,40(9,10)29-21-27-36(5,6)31-32-23-17-15-18-24-32)39-42(13,14)35(3,4)38-41(11,12)30-22-28-37(7,8)33-25-19-16-20-26-33/h15-20,23-26H,21-22,27-31H2,1-14H3/q+2. The Morgan fingerprint density at radius 1 is 0.619 bits per heavy atom. The highest BCUT2D eigenvalue weighted by atomic mass is 28.4. The van der Waals surface area contributed by atoms with Crippen LogP contribution in [0.15, 0.2) is 60.7 Å². The van der Waals surface area contributed by atoms with Crippen molar-refractivity contribution < 1.29 is 13.3 Å². The zero-order valence-electron chi connectivity index (χ0n) is 29.9. The highest BCUT2D eigenvalue weighted by Crippen LogP contribution is 2.38. The lowest BCUT2D eigenvalue weighted by atomic mass is 10.2. The summed E-state index contributed by atoms with van der Waals surface area (Å²) in [5, 5.41) is -0.356. The van der Waals surface area contributed by atoms with E-state index in [4.69, 9.17) is 8.85 Å². The van der Waals surface area contributed by atoms with Crippen molar-refractivity contribution in [2.75, 3.05) is 41.3 Å². The summed E-state index contributed by atoms with van der Waals surface area (Å²) in [6, 6.07) is 24.2. The van der Waals surface area contributed by atoms with Crippen LogP contribution in [-0.4, -0.2) is 80.9 Å². The maximum absolute atomic E-state index is 7.29. The van der Waals surface area contributed by atoms with Crippen LogP contribution in [0.25, 0.3) is 0 Å². The van der Waals surface area contributed by atoms with Gasteiger partial charge in [0.05, 0.1) is 54.6 Å². The van der Waals surface area contributed by atoms with E-state index in [-0.39, 0.29) is 10.4 Å². The molecule has 0 radical (unpaired) electrons. The number of hydrogen-bond acceptors (Lipinski definition) is 2. The molecule has 0 saturated heterocycles. The molecule has 0 aliphatic heterocycles. The molecule has 2 aromatic rings. The van der Waals surface area contributed by atoms with E-state index in [2.05, 4.69) is 156 Å². The van der Waals surface area contributed by atoms with Crippen molar-refractivity contribution in [1.82, 2.24) is 4.48 Å². The van der Waals surface area contributed by atoms with E-state index < -0.39 is 24.7 Å². The Balaban J connectivity index is 1.97. The molecule has 0 amide bonds. The van der Waals surface area contributed by atoms with Crippen molar-refractivity contribution in [3.8, 4) is 0 Å². The van der Waals surface area contributed by atoms with E-state index in [1.807, 2.05) is 0 Å². The summed E-state index contributed by atoms with van der Waals surface area (Å²) in [6.07, 6.45) is 2.41. The third-order valence-electron chi connectivity index (χ3n) is 10.1. The average Bonchev–Trinajstić information content (AvgIpc) is 2.83. The summed E-state index contributed by atoms with van der Waals surface area (Å²) >= 11 is 0. The Labute approximate surface area is 263 Å². The normalized spacial score (nSPS) is 14.3. The Morgan fingerprint density at radius 3 is 1.67 bits per heavy atom. The fourth-order valence-electron chi connectivity index (χ4n) is 6.03. The second-order valence-corrected chi connectivity index (χ2v) is 30.8. The fraction of sp³-hybridized carbons (Fsp3) is 0.657. The van der Waals surface area contributed by atoms with Gasteiger partial charge in [-0.05, 0) is 90.9 Å². The van der Waals surface area contributed by atoms with E-state index >= 15 is 0 Å². The lowest BCUT2D eigenvalue weighted by Crippen LogP contribution is -2.65. The Hall–Kier alpha value is -1.07. The third kappa shape index (κ3) is 10.8. The van der Waals surface area contributed by atoms with Crippen LogP contribution in [0.2, 0.25) is 51.4 Å². The molecule has 238 valence electrons. The number of nitrogens with zero attached hydrogens (tertiary/aromatic N) is 2. The molecule has 7 heteroatoms. The summed E-state index contributed by atoms with van der Waals surface area (Å²) in [7, 11) is 3.58. The van der Waals surface area contributed by atoms with Crippen LogP contribution in [0.5, 0.6) is 0 Å². The minimum atomic E-state index is -2.20. The molecule has 0 fully saturated rings. The van der Waals surface area contributed by atoms with E-state index in [0.29, 0.717) is 0 Å². The molecule has 2 rings (SSSR count). The number of benzene rings is 2. The van der Waals surface area contributed by atoms with Gasteiger partial charge in [-0.25, -0.2) is 0 Å². The quantitative estimate of drug-likeness (QED) is 0.128. The van der Waals surface area contributed by atoms with E-state index in [1.54, 1.807) is 0 Å². The van der Waals surface area contributed by atoms with Crippen LogP contribution in [0.1, 0.15) is 46.1 Å². The first-order valence-corrected chi connectivity index (χ1v) is 25.4. The molecule has 4 nitrogen and oxygen atoms in total. The second-order valence-electron chi connectivity index (χ2n) is 16.6. The molecule has 0 aromatic heterocycles. The summed E-state index contributed by atoms with van der Waals surface area (Å²) in [5.41, 5.74) is 2.79. The second kappa shape index (κ2) is 13.9. The van der Waals surface area contributed by atoms with Gasteiger partial charge in [-0.2, -0.15) is 0 Å². The van der Waals surface area contributed by atoms with Crippen molar-refractivity contribution in [3.05, 3.63) is 66.2 Å². The topological polar surface area (TPSA) is 18.5 Å². The SMILES string of the molecule is CC(C)(O[Si](C)(C)C(C)(C)O[Si](C)(C)CCC[N+](C)(C)c1ccccc1)[Si](C)(C)CCC[N+](C)(C)Cc1ccccc1. The molecule has 0 aliphatic rings. The Kier molecular flexibility index (Phi) is 12.3. The van der Waals surface area contributed by atoms with Gasteiger partial charge in [0.25, 0.3) is 0 Å². The van der Waals surface area contributed by atoms with E-state index in [9.17, 15) is 0 Å². The van der Waals surface area contributed by atoms with Gasteiger partial charge < -0.3 is 13.3 Å². The first kappa shape index (κ1) is 37.1. The van der Waals surface area contributed by atoms with Gasteiger partial charge >= 0.3 is 0 Å². The smallest absolute Gasteiger partial charge is 0.216 e. The maximum atomic E-state index is 7.29. The molecule has 0 bridgehead atoms. The van der Waals surface area contributed by atoms with Gasteiger partial charge in [-0.1, -0.05) is 61.6 Å². The number of quaternary nitrogens is 2. The molecule has 0 aliphatic carbocycles. The van der Waals surface area contributed by atoms with Gasteiger partial charge in [-0.15, -0.1) is 0 Å². The molecule has 0 N–H and O–H groups in total. The molecule has 0 unspecified atom stereocenters. The van der Waals surface area contributed by atoms with Gasteiger partial charge in [0.2, 0.25) is 8.32 Å². The summed E-state index contributed by atoms with van der Waals surface area (Å²) < 4.78 is 16.4. The predicted octanol–water partition coefficient (Wildman–Crippen LogP) is 9.10. The minimum absolute atomic E-state index is 0.108. The van der Waals surface area contributed by atoms with Gasteiger partial charge in [-0.3, -0.25) is 4.48 Å². The van der Waals surface area contributed by atoms with Crippen LogP contribution in [0, 0.1) is 0 Å². The highest BCUT2D eigenvalue weighted by Gasteiger charge is 2.51. The predicted molar refractivity (Wildman–Crippen MR) is 194 cm³/mol. The highest BCUT2D eigenvalue weighted by molar-refractivity contribution is 6.82. The van der Waals surface area contributed by atoms with Crippen molar-refractivity contribution in [1.29, 1.82) is 0 Å². The van der Waals surface area contributed by atoms with Crippen molar-refractivity contribution >= 4 is 30.4 Å². The summed E-state index contributed by atoms with van der Waals surface area (Å²) in [4.78, 5) is 0. The van der Waals surface area contributed by atoms with Gasteiger partial charge in [0.15, 0.2) is 8.32 Å². The van der Waals surface area contributed by atoms with Crippen LogP contribution in [-0.2, 0) is 15.4 Å². The van der Waals surface area contributed by atoms with E-state index in [1.165, 1.54) is 36.7 Å². The molecule has 0 atom stereocenters. The first-order valence-electron chi connectivity index (χ1n) is 16.2. The molecule has 0 spiro atoms. The van der Waals surface area contributed by atoms with Gasteiger partial charge in [0.1, 0.15) is 12.2 Å². The molecule has 0 heterocycles. The van der Waals surface area contributed by atoms with Crippen molar-refractivity contribution in [2.24, 2.45) is 0 Å². The van der Waals surface area contributed by atoms with Gasteiger partial charge in [0, 0.05) is 10.8 Å². The van der Waals surface area contributed by atoms with Crippen LogP contribution < -0.4 is 4.48 Å². The minimum Gasteiger partial charge on any atom is -0.412 e. The fourth-order valence-corrected chi connectivity index (χ4v) is 15.4. The molecule has 2 aromatic carbocycles. The van der Waals surface area contributed by atoms with Crippen LogP contribution in [0.4, 0.5) is 5.69 Å². The molecule has 0 saturated carbocycles. The lowest BCUT2D eigenvalue weighted by molar-refractivity contribution is -0.903. The summed E-state index contributed by atoms with van der Waals surface area (Å²) in [5.74, 6) is 0. The molecular weight excluding hydrogens is 565 g/mol. The first-order chi connectivity index (χ1) is 19.0. The average molecular weight is 631 g/mol. The van der Waals surface area contributed by atoms with Crippen LogP contribution in [0.3, 0.4) is 0 Å². The molecular formula is C35H66N2O2Si3+2. The zero-order chi connectivity index (χ0) is 32.1. The number of para-hydroxylation sites is 1. The van der Waals surface area contributed by atoms with Crippen molar-refractivity contribution in [2.45, 2.75) is 109 Å². The number of rotatable bonds is 17. The zero-order valence-corrected chi connectivity index (χ0v) is 32.9. The lowest BCUT2D eigenvalue weighted by Gasteiger charge is -2.51.